The number of aryl methyl sites for hydroxylation is 1. The van der Waals surface area contributed by atoms with E-state index < -0.39 is 6.04 Å². The van der Waals surface area contributed by atoms with Crippen molar-refractivity contribution in [1.29, 1.82) is 0 Å². The lowest BCUT2D eigenvalue weighted by Gasteiger charge is -2.18. The van der Waals surface area contributed by atoms with Gasteiger partial charge in [0.05, 0.1) is 6.61 Å². The molecule has 1 aromatic heterocycles. The Balaban J connectivity index is 2.93. The van der Waals surface area contributed by atoms with Crippen LogP contribution in [0.15, 0.2) is 31.1 Å². The molecule has 1 N–H and O–H groups in total. The van der Waals surface area contributed by atoms with Gasteiger partial charge in [-0.2, -0.15) is 0 Å². The molecule has 1 atom stereocenters. The first-order valence-electron chi connectivity index (χ1n) is 5.62. The van der Waals surface area contributed by atoms with Crippen molar-refractivity contribution in [3.05, 3.63) is 42.2 Å². The number of ether oxygens (including phenoxy) is 1. The summed E-state index contributed by atoms with van der Waals surface area (Å²) in [5.74, 6) is -0.287. The highest BCUT2D eigenvalue weighted by atomic mass is 16.5. The second kappa shape index (κ2) is 6.81. The molecule has 1 heterocycles. The number of pyridine rings is 1. The number of rotatable bonds is 6. The van der Waals surface area contributed by atoms with Crippen molar-refractivity contribution >= 4 is 5.97 Å². The van der Waals surface area contributed by atoms with E-state index in [1.807, 2.05) is 13.0 Å². The molecular formula is C13H18N2O2. The highest BCUT2D eigenvalue weighted by molar-refractivity contribution is 5.78. The molecule has 0 aliphatic carbocycles. The maximum Gasteiger partial charge on any atom is 0.327 e. The standard InChI is InChI=1S/C13H18N2O2/c1-4-7-15-12(13(16)17-5-2)11-9-14-8-6-10(11)3/h4,6,8-9,12,15H,1,5,7H2,2-3H3. The Bertz CT molecular complexity index is 391. The number of hydrogen-bond acceptors (Lipinski definition) is 4. The SMILES string of the molecule is C=CCNC(C(=O)OCC)c1cnccc1C. The predicted octanol–water partition coefficient (Wildman–Crippen LogP) is 1.77. The fourth-order valence-electron chi connectivity index (χ4n) is 1.53. The van der Waals surface area contributed by atoms with Gasteiger partial charge in [-0.05, 0) is 25.5 Å². The first-order valence-corrected chi connectivity index (χ1v) is 5.62. The van der Waals surface area contributed by atoms with E-state index in [1.54, 1.807) is 25.4 Å². The van der Waals surface area contributed by atoms with Crippen molar-refractivity contribution < 1.29 is 9.53 Å². The summed E-state index contributed by atoms with van der Waals surface area (Å²) >= 11 is 0. The second-order valence-electron chi connectivity index (χ2n) is 3.61. The number of nitrogens with zero attached hydrogens (tertiary/aromatic N) is 1. The third kappa shape index (κ3) is 3.67. The van der Waals surface area contributed by atoms with Crippen LogP contribution in [0.1, 0.15) is 24.1 Å². The highest BCUT2D eigenvalue weighted by Gasteiger charge is 2.22. The summed E-state index contributed by atoms with van der Waals surface area (Å²) < 4.78 is 5.05. The minimum atomic E-state index is -0.485. The lowest BCUT2D eigenvalue weighted by molar-refractivity contribution is -0.145. The van der Waals surface area contributed by atoms with Gasteiger partial charge in [-0.1, -0.05) is 6.08 Å². The van der Waals surface area contributed by atoms with Crippen molar-refractivity contribution in [3.8, 4) is 0 Å². The third-order valence-corrected chi connectivity index (χ3v) is 2.38. The lowest BCUT2D eigenvalue weighted by Crippen LogP contribution is -2.31. The molecule has 92 valence electrons. The number of aromatic nitrogens is 1. The van der Waals surface area contributed by atoms with Crippen molar-refractivity contribution in [2.75, 3.05) is 13.2 Å². The summed E-state index contributed by atoms with van der Waals surface area (Å²) in [5.41, 5.74) is 1.85. The second-order valence-corrected chi connectivity index (χ2v) is 3.61. The van der Waals surface area contributed by atoms with Gasteiger partial charge in [0.25, 0.3) is 0 Å². The fourth-order valence-corrected chi connectivity index (χ4v) is 1.53. The Morgan fingerprint density at radius 3 is 3.06 bits per heavy atom. The average molecular weight is 234 g/mol. The molecule has 0 fully saturated rings. The van der Waals surface area contributed by atoms with Crippen LogP contribution in [0.3, 0.4) is 0 Å². The van der Waals surface area contributed by atoms with E-state index in [2.05, 4.69) is 16.9 Å². The molecule has 1 rings (SSSR count). The van der Waals surface area contributed by atoms with Gasteiger partial charge in [0, 0.05) is 24.5 Å². The molecule has 0 aliphatic heterocycles. The van der Waals surface area contributed by atoms with Crippen LogP contribution in [-0.4, -0.2) is 24.1 Å². The van der Waals surface area contributed by atoms with Crippen molar-refractivity contribution in [3.63, 3.8) is 0 Å². The Morgan fingerprint density at radius 1 is 1.71 bits per heavy atom. The van der Waals surface area contributed by atoms with E-state index in [0.717, 1.165) is 11.1 Å². The maximum absolute atomic E-state index is 11.9. The molecule has 0 amide bonds. The van der Waals surface area contributed by atoms with Gasteiger partial charge in [-0.15, -0.1) is 6.58 Å². The van der Waals surface area contributed by atoms with Crippen LogP contribution in [0.25, 0.3) is 0 Å². The van der Waals surface area contributed by atoms with Crippen molar-refractivity contribution in [1.82, 2.24) is 10.3 Å². The average Bonchev–Trinajstić information content (AvgIpc) is 2.32. The van der Waals surface area contributed by atoms with Gasteiger partial charge in [0.15, 0.2) is 0 Å². The van der Waals surface area contributed by atoms with Crippen molar-refractivity contribution in [2.45, 2.75) is 19.9 Å². The minimum Gasteiger partial charge on any atom is -0.465 e. The largest absolute Gasteiger partial charge is 0.465 e. The normalized spacial score (nSPS) is 11.9. The maximum atomic E-state index is 11.9. The van der Waals surface area contributed by atoms with Crippen LogP contribution in [0.2, 0.25) is 0 Å². The zero-order chi connectivity index (χ0) is 12.7. The smallest absolute Gasteiger partial charge is 0.327 e. The van der Waals surface area contributed by atoms with Gasteiger partial charge in [-0.3, -0.25) is 10.3 Å². The molecule has 4 heteroatoms. The topological polar surface area (TPSA) is 51.2 Å². The third-order valence-electron chi connectivity index (χ3n) is 2.38. The molecule has 0 spiro atoms. The van der Waals surface area contributed by atoms with Crippen LogP contribution in [0, 0.1) is 6.92 Å². The fraction of sp³-hybridized carbons (Fsp3) is 0.385. The van der Waals surface area contributed by atoms with Gasteiger partial charge in [0.2, 0.25) is 0 Å². The summed E-state index contributed by atoms with van der Waals surface area (Å²) in [6.45, 7) is 8.26. The van der Waals surface area contributed by atoms with Crippen molar-refractivity contribution in [2.24, 2.45) is 0 Å². The van der Waals surface area contributed by atoms with E-state index >= 15 is 0 Å². The molecule has 1 aromatic rings. The predicted molar refractivity (Wildman–Crippen MR) is 66.5 cm³/mol. The number of carbonyl (C=O) groups is 1. The van der Waals surface area contributed by atoms with E-state index in [1.165, 1.54) is 0 Å². The summed E-state index contributed by atoms with van der Waals surface area (Å²) in [6.07, 6.45) is 5.10. The molecule has 4 nitrogen and oxygen atoms in total. The molecule has 0 bridgehead atoms. The number of esters is 1. The molecule has 1 unspecified atom stereocenters. The van der Waals surface area contributed by atoms with Gasteiger partial charge >= 0.3 is 5.97 Å². The van der Waals surface area contributed by atoms with Crippen LogP contribution in [0.5, 0.6) is 0 Å². The Kier molecular flexibility index (Phi) is 5.36. The van der Waals surface area contributed by atoms with Gasteiger partial charge in [0.1, 0.15) is 6.04 Å². The first kappa shape index (κ1) is 13.4. The molecule has 0 aromatic carbocycles. The van der Waals surface area contributed by atoms with E-state index in [-0.39, 0.29) is 5.97 Å². The van der Waals surface area contributed by atoms with Crippen LogP contribution < -0.4 is 5.32 Å². The quantitative estimate of drug-likeness (QED) is 0.602. The number of carbonyl (C=O) groups excluding carboxylic acids is 1. The van der Waals surface area contributed by atoms with Gasteiger partial charge in [-0.25, -0.2) is 4.79 Å². The number of hydrogen-bond donors (Lipinski definition) is 1. The Hall–Kier alpha value is -1.68. The summed E-state index contributed by atoms with van der Waals surface area (Å²) in [7, 11) is 0. The number of nitrogens with one attached hydrogen (secondary N) is 1. The minimum absolute atomic E-state index is 0.287. The van der Waals surface area contributed by atoms with Crippen LogP contribution >= 0.6 is 0 Å². The highest BCUT2D eigenvalue weighted by Crippen LogP contribution is 2.17. The summed E-state index contributed by atoms with van der Waals surface area (Å²) in [6, 6.07) is 1.39. The van der Waals surface area contributed by atoms with Crippen LogP contribution in [0.4, 0.5) is 0 Å². The molecule has 0 radical (unpaired) electrons. The first-order chi connectivity index (χ1) is 8.20. The van der Waals surface area contributed by atoms with E-state index in [4.69, 9.17) is 4.74 Å². The monoisotopic (exact) mass is 234 g/mol. The zero-order valence-electron chi connectivity index (χ0n) is 10.3. The molecular weight excluding hydrogens is 216 g/mol. The Labute approximate surface area is 102 Å². The van der Waals surface area contributed by atoms with E-state index in [0.29, 0.717) is 13.2 Å². The molecule has 0 saturated heterocycles. The van der Waals surface area contributed by atoms with Crippen LogP contribution in [-0.2, 0) is 9.53 Å². The lowest BCUT2D eigenvalue weighted by atomic mass is 10.0. The molecule has 17 heavy (non-hydrogen) atoms. The Morgan fingerprint density at radius 2 is 2.47 bits per heavy atom. The summed E-state index contributed by atoms with van der Waals surface area (Å²) in [4.78, 5) is 15.9. The zero-order valence-corrected chi connectivity index (χ0v) is 10.3. The molecule has 0 saturated carbocycles. The van der Waals surface area contributed by atoms with E-state index in [9.17, 15) is 4.79 Å². The van der Waals surface area contributed by atoms with Gasteiger partial charge < -0.3 is 4.74 Å². The summed E-state index contributed by atoms with van der Waals surface area (Å²) in [5, 5.41) is 3.08. The molecule has 0 aliphatic rings.